The first-order valence-electron chi connectivity index (χ1n) is 8.96. The van der Waals surface area contributed by atoms with E-state index in [4.69, 9.17) is 4.74 Å². The van der Waals surface area contributed by atoms with Crippen LogP contribution in [0, 0.1) is 0 Å². The molecule has 1 atom stereocenters. The molecule has 0 bridgehead atoms. The van der Waals surface area contributed by atoms with E-state index in [-0.39, 0.29) is 6.09 Å². The Morgan fingerprint density at radius 3 is 2.96 bits per heavy atom. The Hall–Kier alpha value is -1.55. The Morgan fingerprint density at radius 2 is 2.17 bits per heavy atom. The molecule has 1 aliphatic heterocycles. The third-order valence-electron chi connectivity index (χ3n) is 4.52. The molecule has 1 aromatic carbocycles. The van der Waals surface area contributed by atoms with Gasteiger partial charge in [-0.05, 0) is 50.6 Å². The summed E-state index contributed by atoms with van der Waals surface area (Å²) in [7, 11) is 2.17. The van der Waals surface area contributed by atoms with Crippen LogP contribution in [-0.2, 0) is 0 Å². The summed E-state index contributed by atoms with van der Waals surface area (Å²) >= 11 is 0. The Bertz CT molecular complexity index is 490. The van der Waals surface area contributed by atoms with E-state index >= 15 is 0 Å². The molecule has 0 saturated carbocycles. The van der Waals surface area contributed by atoms with Gasteiger partial charge in [-0.15, -0.1) is 0 Å². The average Bonchev–Trinajstić information content (AvgIpc) is 2.55. The fourth-order valence-electron chi connectivity index (χ4n) is 3.17. The van der Waals surface area contributed by atoms with Gasteiger partial charge in [-0.25, -0.2) is 4.79 Å². The van der Waals surface area contributed by atoms with Crippen molar-refractivity contribution in [2.24, 2.45) is 0 Å². The predicted molar refractivity (Wildman–Crippen MR) is 93.8 cm³/mol. The molecule has 0 aromatic heterocycles. The van der Waals surface area contributed by atoms with Gasteiger partial charge in [-0.2, -0.15) is 0 Å². The van der Waals surface area contributed by atoms with E-state index in [1.165, 1.54) is 37.7 Å². The van der Waals surface area contributed by atoms with Gasteiger partial charge >= 0.3 is 6.09 Å². The summed E-state index contributed by atoms with van der Waals surface area (Å²) in [6, 6.07) is 8.39. The van der Waals surface area contributed by atoms with E-state index in [0.29, 0.717) is 18.3 Å². The van der Waals surface area contributed by atoms with Crippen molar-refractivity contribution in [1.82, 2.24) is 10.2 Å². The molecule has 1 amide bonds. The molecule has 0 radical (unpaired) electrons. The number of rotatable bonds is 7. The van der Waals surface area contributed by atoms with Crippen molar-refractivity contribution >= 4 is 6.09 Å². The van der Waals surface area contributed by atoms with Crippen molar-refractivity contribution in [3.05, 3.63) is 29.8 Å². The second-order valence-corrected chi connectivity index (χ2v) is 6.44. The maximum Gasteiger partial charge on any atom is 0.412 e. The highest BCUT2D eigenvalue weighted by Crippen LogP contribution is 2.31. The lowest BCUT2D eigenvalue weighted by Crippen LogP contribution is -2.30. The minimum atomic E-state index is -0.351. The van der Waals surface area contributed by atoms with E-state index in [2.05, 4.69) is 30.3 Å². The number of carbonyl (C=O) groups is 1. The maximum atomic E-state index is 11.9. The van der Waals surface area contributed by atoms with Crippen LogP contribution in [0.2, 0.25) is 0 Å². The molecule has 2 rings (SSSR count). The topological polar surface area (TPSA) is 41.6 Å². The van der Waals surface area contributed by atoms with E-state index in [0.717, 1.165) is 19.4 Å². The summed E-state index contributed by atoms with van der Waals surface area (Å²) in [6.45, 7) is 4.00. The number of hydrogen-bond donors (Lipinski definition) is 1. The maximum absolute atomic E-state index is 11.9. The molecule has 1 N–H and O–H groups in total. The molecule has 4 heteroatoms. The van der Waals surface area contributed by atoms with Gasteiger partial charge in [0.2, 0.25) is 0 Å². The first-order chi connectivity index (χ1) is 11.2. The number of ether oxygens (including phenoxy) is 1. The number of benzene rings is 1. The predicted octanol–water partition coefficient (Wildman–Crippen LogP) is 4.51. The summed E-state index contributed by atoms with van der Waals surface area (Å²) in [5, 5.41) is 2.83. The molecule has 1 saturated heterocycles. The molecule has 1 aromatic rings. The van der Waals surface area contributed by atoms with Crippen LogP contribution in [0.4, 0.5) is 4.79 Å². The quantitative estimate of drug-likeness (QED) is 0.752. The monoisotopic (exact) mass is 318 g/mol. The highest BCUT2D eigenvalue weighted by Gasteiger charge is 2.21. The van der Waals surface area contributed by atoms with Crippen molar-refractivity contribution in [1.29, 1.82) is 0 Å². The van der Waals surface area contributed by atoms with Gasteiger partial charge in [-0.1, -0.05) is 44.7 Å². The zero-order chi connectivity index (χ0) is 16.5. The molecule has 1 heterocycles. The van der Waals surface area contributed by atoms with E-state index in [9.17, 15) is 4.79 Å². The van der Waals surface area contributed by atoms with Crippen LogP contribution < -0.4 is 10.1 Å². The zero-order valence-electron chi connectivity index (χ0n) is 14.5. The lowest BCUT2D eigenvalue weighted by molar-refractivity contribution is 0.186. The second kappa shape index (κ2) is 9.56. The van der Waals surface area contributed by atoms with Crippen LogP contribution in [0.3, 0.4) is 0 Å². The normalized spacial score (nSPS) is 18.6. The van der Waals surface area contributed by atoms with Crippen molar-refractivity contribution in [2.45, 2.75) is 57.9 Å². The molecule has 1 fully saturated rings. The lowest BCUT2D eigenvalue weighted by Gasteiger charge is -2.32. The van der Waals surface area contributed by atoms with E-state index in [1.54, 1.807) is 0 Å². The summed E-state index contributed by atoms with van der Waals surface area (Å²) in [5.41, 5.74) is 1.24. The van der Waals surface area contributed by atoms with Gasteiger partial charge in [0.1, 0.15) is 5.75 Å². The summed E-state index contributed by atoms with van der Waals surface area (Å²) in [5.74, 6) is 0.632. The van der Waals surface area contributed by atoms with E-state index in [1.807, 2.05) is 18.2 Å². The Balaban J connectivity index is 1.83. The fourth-order valence-corrected chi connectivity index (χ4v) is 3.17. The van der Waals surface area contributed by atoms with E-state index < -0.39 is 0 Å². The highest BCUT2D eigenvalue weighted by molar-refractivity contribution is 5.70. The molecular weight excluding hydrogens is 288 g/mol. The van der Waals surface area contributed by atoms with Gasteiger partial charge in [0.25, 0.3) is 0 Å². The highest BCUT2D eigenvalue weighted by atomic mass is 16.6. The first kappa shape index (κ1) is 17.8. The lowest BCUT2D eigenvalue weighted by atomic mass is 9.96. The van der Waals surface area contributed by atoms with Gasteiger partial charge in [0.05, 0.1) is 0 Å². The van der Waals surface area contributed by atoms with Crippen LogP contribution in [0.25, 0.3) is 0 Å². The van der Waals surface area contributed by atoms with Crippen molar-refractivity contribution < 1.29 is 9.53 Å². The summed E-state index contributed by atoms with van der Waals surface area (Å²) in [4.78, 5) is 14.2. The van der Waals surface area contributed by atoms with Gasteiger partial charge in [0, 0.05) is 12.6 Å². The number of amides is 1. The largest absolute Gasteiger partial charge is 0.412 e. The molecule has 1 aliphatic rings. The third-order valence-corrected chi connectivity index (χ3v) is 4.52. The van der Waals surface area contributed by atoms with Crippen molar-refractivity contribution in [3.8, 4) is 5.75 Å². The van der Waals surface area contributed by atoms with Gasteiger partial charge in [0.15, 0.2) is 0 Å². The molecule has 4 nitrogen and oxygen atoms in total. The molecular formula is C19H30N2O2. The van der Waals surface area contributed by atoms with Gasteiger partial charge in [-0.3, -0.25) is 4.90 Å². The Morgan fingerprint density at radius 1 is 1.30 bits per heavy atom. The van der Waals surface area contributed by atoms with Crippen LogP contribution >= 0.6 is 0 Å². The number of hydrogen-bond acceptors (Lipinski definition) is 3. The van der Waals surface area contributed by atoms with Gasteiger partial charge < -0.3 is 10.1 Å². The third kappa shape index (κ3) is 5.87. The number of nitrogens with one attached hydrogen (secondary N) is 1. The molecule has 128 valence electrons. The number of piperidine rings is 1. The van der Waals surface area contributed by atoms with Crippen LogP contribution in [0.5, 0.6) is 5.75 Å². The number of likely N-dealkylation sites (tertiary alicyclic amines) is 1. The minimum absolute atomic E-state index is 0.351. The summed E-state index contributed by atoms with van der Waals surface area (Å²) in [6.07, 6.45) is 7.93. The average molecular weight is 318 g/mol. The smallest absolute Gasteiger partial charge is 0.410 e. The van der Waals surface area contributed by atoms with Crippen LogP contribution in [-0.4, -0.2) is 31.1 Å². The Labute approximate surface area is 140 Å². The zero-order valence-corrected chi connectivity index (χ0v) is 14.5. The minimum Gasteiger partial charge on any atom is -0.410 e. The number of nitrogens with zero attached hydrogens (tertiary/aromatic N) is 1. The van der Waals surface area contributed by atoms with Crippen LogP contribution in [0.15, 0.2) is 24.3 Å². The number of carbonyl (C=O) groups excluding carboxylic acids is 1. The Kier molecular flexibility index (Phi) is 7.40. The standard InChI is InChI=1S/C19H30N2O2/c1-3-4-5-7-13-20-19(22)23-17-11-9-10-16(15-17)18-12-6-8-14-21(18)2/h9-11,15,18H,3-8,12-14H2,1-2H3,(H,20,22). The first-order valence-corrected chi connectivity index (χ1v) is 8.96. The van der Waals surface area contributed by atoms with Crippen molar-refractivity contribution in [2.75, 3.05) is 20.1 Å². The van der Waals surface area contributed by atoms with Crippen LogP contribution in [0.1, 0.15) is 63.5 Å². The molecule has 0 spiro atoms. The number of unbranched alkanes of at least 4 members (excludes halogenated alkanes) is 3. The molecule has 0 aliphatic carbocycles. The fraction of sp³-hybridized carbons (Fsp3) is 0.632. The summed E-state index contributed by atoms with van der Waals surface area (Å²) < 4.78 is 5.42. The van der Waals surface area contributed by atoms with Crippen molar-refractivity contribution in [3.63, 3.8) is 0 Å². The molecule has 1 unspecified atom stereocenters. The molecule has 23 heavy (non-hydrogen) atoms. The second-order valence-electron chi connectivity index (χ2n) is 6.44. The SMILES string of the molecule is CCCCCCNC(=O)Oc1cccc(C2CCCCN2C)c1.